The maximum Gasteiger partial charge on any atom is 0.412 e. The summed E-state index contributed by atoms with van der Waals surface area (Å²) in [5.41, 5.74) is 0.921. The number of anilines is 1. The van der Waals surface area contributed by atoms with Gasteiger partial charge in [-0.15, -0.1) is 0 Å². The predicted octanol–water partition coefficient (Wildman–Crippen LogP) is 4.12. The first-order valence-corrected chi connectivity index (χ1v) is 5.65. The van der Waals surface area contributed by atoms with Crippen LogP contribution in [0.1, 0.15) is 31.9 Å². The molecule has 0 aliphatic carbocycles. The Morgan fingerprint density at radius 1 is 1.44 bits per heavy atom. The smallest absolute Gasteiger partial charge is 0.412 e. The molecule has 0 aliphatic rings. The third kappa shape index (κ3) is 3.87. The molecule has 0 spiro atoms. The third-order valence-electron chi connectivity index (χ3n) is 2.19. The lowest BCUT2D eigenvalue weighted by molar-refractivity contribution is 0.0636. The number of carbonyl (C=O) groups excluding carboxylic acids is 1. The third-order valence-corrected chi connectivity index (χ3v) is 2.19. The van der Waals surface area contributed by atoms with Crippen molar-refractivity contribution in [3.8, 4) is 0 Å². The molecule has 0 bridgehead atoms. The Morgan fingerprint density at radius 3 is 2.50 bits per heavy atom. The van der Waals surface area contributed by atoms with Crippen LogP contribution in [-0.4, -0.2) is 11.7 Å². The van der Waals surface area contributed by atoms with Gasteiger partial charge in [0.1, 0.15) is 11.4 Å². The molecule has 4 heteroatoms. The van der Waals surface area contributed by atoms with Crippen LogP contribution >= 0.6 is 0 Å². The Kier molecular flexibility index (Phi) is 4.11. The molecule has 3 nitrogen and oxygen atoms in total. The second kappa shape index (κ2) is 5.21. The zero-order valence-electron chi connectivity index (χ0n) is 11.1. The summed E-state index contributed by atoms with van der Waals surface area (Å²) in [6.07, 6.45) is 0.842. The molecule has 1 rings (SSSR count). The number of ether oxygens (including phenoxy) is 1. The van der Waals surface area contributed by atoms with Gasteiger partial charge in [0.25, 0.3) is 0 Å². The molecule has 18 heavy (non-hydrogen) atoms. The number of aryl methyl sites for hydroxylation is 1. The summed E-state index contributed by atoms with van der Waals surface area (Å²) in [7, 11) is 0. The van der Waals surface area contributed by atoms with Crippen LogP contribution in [0.5, 0.6) is 0 Å². The van der Waals surface area contributed by atoms with Gasteiger partial charge < -0.3 is 4.74 Å². The second-order valence-electron chi connectivity index (χ2n) is 5.02. The van der Waals surface area contributed by atoms with Gasteiger partial charge in [-0.3, -0.25) is 5.32 Å². The quantitative estimate of drug-likeness (QED) is 0.858. The fraction of sp³-hybridized carbons (Fsp3) is 0.357. The lowest BCUT2D eigenvalue weighted by Crippen LogP contribution is -2.27. The van der Waals surface area contributed by atoms with Gasteiger partial charge in [-0.1, -0.05) is 12.7 Å². The van der Waals surface area contributed by atoms with Crippen LogP contribution in [0.15, 0.2) is 18.7 Å². The number of amides is 1. The fourth-order valence-corrected chi connectivity index (χ4v) is 1.51. The maximum atomic E-state index is 13.6. The highest BCUT2D eigenvalue weighted by molar-refractivity contribution is 5.85. The van der Waals surface area contributed by atoms with E-state index in [4.69, 9.17) is 4.74 Å². The summed E-state index contributed by atoms with van der Waals surface area (Å²) in [4.78, 5) is 11.5. The number of rotatable bonds is 2. The van der Waals surface area contributed by atoms with Crippen LogP contribution in [0.25, 0.3) is 6.08 Å². The van der Waals surface area contributed by atoms with E-state index in [-0.39, 0.29) is 0 Å². The van der Waals surface area contributed by atoms with Crippen molar-refractivity contribution in [2.75, 3.05) is 5.32 Å². The molecule has 98 valence electrons. The zero-order valence-corrected chi connectivity index (χ0v) is 11.1. The molecule has 0 fully saturated rings. The van der Waals surface area contributed by atoms with E-state index in [9.17, 15) is 9.18 Å². The number of benzene rings is 1. The molecule has 0 unspecified atom stereocenters. The summed E-state index contributed by atoms with van der Waals surface area (Å²) in [5.74, 6) is -0.420. The van der Waals surface area contributed by atoms with Crippen LogP contribution in [0.3, 0.4) is 0 Å². The Bertz CT molecular complexity index is 452. The summed E-state index contributed by atoms with van der Waals surface area (Å²) in [6, 6.07) is 2.91. The van der Waals surface area contributed by atoms with Gasteiger partial charge in [0.15, 0.2) is 0 Å². The molecule has 1 amide bonds. The van der Waals surface area contributed by atoms with E-state index < -0.39 is 17.5 Å². The van der Waals surface area contributed by atoms with E-state index >= 15 is 0 Å². The first kappa shape index (κ1) is 14.2. The van der Waals surface area contributed by atoms with Crippen molar-refractivity contribution >= 4 is 17.9 Å². The van der Waals surface area contributed by atoms with E-state index in [2.05, 4.69) is 11.9 Å². The topological polar surface area (TPSA) is 38.3 Å². The summed E-state index contributed by atoms with van der Waals surface area (Å²) >= 11 is 0. The molecule has 0 aliphatic heterocycles. The van der Waals surface area contributed by atoms with Gasteiger partial charge in [0, 0.05) is 11.3 Å². The van der Waals surface area contributed by atoms with E-state index in [0.29, 0.717) is 16.8 Å². The molecule has 0 saturated heterocycles. The summed E-state index contributed by atoms with van der Waals surface area (Å²) in [6.45, 7) is 10.6. The number of carbonyl (C=O) groups is 1. The lowest BCUT2D eigenvalue weighted by Gasteiger charge is -2.20. The van der Waals surface area contributed by atoms with Crippen molar-refractivity contribution in [1.29, 1.82) is 0 Å². The van der Waals surface area contributed by atoms with Crippen LogP contribution in [0.2, 0.25) is 0 Å². The Hall–Kier alpha value is -1.84. The lowest BCUT2D eigenvalue weighted by atomic mass is 10.1. The van der Waals surface area contributed by atoms with Gasteiger partial charge in [-0.05, 0) is 45.4 Å². The van der Waals surface area contributed by atoms with Crippen molar-refractivity contribution in [3.05, 3.63) is 35.7 Å². The Balaban J connectivity index is 2.87. The van der Waals surface area contributed by atoms with Gasteiger partial charge in [-0.25, -0.2) is 9.18 Å². The van der Waals surface area contributed by atoms with E-state index in [1.807, 2.05) is 0 Å². The molecule has 1 aromatic rings. The number of nitrogens with one attached hydrogen (secondary N) is 1. The zero-order chi connectivity index (χ0) is 13.9. The molecular formula is C14H18FNO2. The molecule has 0 atom stereocenters. The molecule has 1 N–H and O–H groups in total. The average molecular weight is 251 g/mol. The summed E-state index contributed by atoms with van der Waals surface area (Å²) in [5, 5.41) is 2.50. The highest BCUT2D eigenvalue weighted by atomic mass is 19.1. The van der Waals surface area contributed by atoms with Gasteiger partial charge in [-0.2, -0.15) is 0 Å². The maximum absolute atomic E-state index is 13.6. The van der Waals surface area contributed by atoms with Gasteiger partial charge in [0.2, 0.25) is 0 Å². The number of hydrogen-bond donors (Lipinski definition) is 1. The Morgan fingerprint density at radius 2 is 2.06 bits per heavy atom. The summed E-state index contributed by atoms with van der Waals surface area (Å²) < 4.78 is 18.7. The fourth-order valence-electron chi connectivity index (χ4n) is 1.51. The minimum Gasteiger partial charge on any atom is -0.444 e. The van der Waals surface area contributed by atoms with E-state index in [0.717, 1.165) is 0 Å². The Labute approximate surface area is 107 Å². The monoisotopic (exact) mass is 251 g/mol. The van der Waals surface area contributed by atoms with E-state index in [1.165, 1.54) is 12.1 Å². The standard InChI is InChI=1S/C14H18FNO2/c1-6-11-9(2)7-10(8-12(11)15)16-13(17)18-14(3,4)5/h6-8H,1H2,2-5H3,(H,16,17). The molecule has 0 radical (unpaired) electrons. The average Bonchev–Trinajstić information content (AvgIpc) is 2.13. The molecule has 0 heterocycles. The van der Waals surface area contributed by atoms with Crippen LogP contribution in [0.4, 0.5) is 14.9 Å². The number of hydrogen-bond acceptors (Lipinski definition) is 2. The number of halogens is 1. The van der Waals surface area contributed by atoms with Crippen molar-refractivity contribution in [3.63, 3.8) is 0 Å². The highest BCUT2D eigenvalue weighted by Crippen LogP contribution is 2.21. The van der Waals surface area contributed by atoms with Crippen molar-refractivity contribution < 1.29 is 13.9 Å². The van der Waals surface area contributed by atoms with Crippen LogP contribution in [-0.2, 0) is 4.74 Å². The van der Waals surface area contributed by atoms with Crippen LogP contribution < -0.4 is 5.32 Å². The van der Waals surface area contributed by atoms with Crippen LogP contribution in [0, 0.1) is 12.7 Å². The molecule has 1 aromatic carbocycles. The van der Waals surface area contributed by atoms with E-state index in [1.54, 1.807) is 33.8 Å². The largest absolute Gasteiger partial charge is 0.444 e. The first-order chi connectivity index (χ1) is 8.23. The molecule has 0 saturated carbocycles. The predicted molar refractivity (Wildman–Crippen MR) is 71.1 cm³/mol. The SMILES string of the molecule is C=Cc1c(C)cc(NC(=O)OC(C)(C)C)cc1F. The minimum absolute atomic E-state index is 0.366. The van der Waals surface area contributed by atoms with Gasteiger partial charge in [0.05, 0.1) is 0 Å². The second-order valence-corrected chi connectivity index (χ2v) is 5.02. The van der Waals surface area contributed by atoms with Gasteiger partial charge >= 0.3 is 6.09 Å². The molecule has 0 aromatic heterocycles. The minimum atomic E-state index is -0.604. The highest BCUT2D eigenvalue weighted by Gasteiger charge is 2.16. The van der Waals surface area contributed by atoms with Crippen molar-refractivity contribution in [2.45, 2.75) is 33.3 Å². The normalized spacial score (nSPS) is 10.9. The molecular weight excluding hydrogens is 233 g/mol. The van der Waals surface area contributed by atoms with Crippen molar-refractivity contribution in [1.82, 2.24) is 0 Å². The first-order valence-electron chi connectivity index (χ1n) is 5.65. The van der Waals surface area contributed by atoms with Crippen molar-refractivity contribution in [2.24, 2.45) is 0 Å².